The Kier molecular flexibility index (Phi) is 15.2. The van der Waals surface area contributed by atoms with Crippen LogP contribution >= 0.6 is 0 Å². The molecule has 0 fully saturated rings. The van der Waals surface area contributed by atoms with Gasteiger partial charge in [-0.3, -0.25) is 4.79 Å². The lowest BCUT2D eigenvalue weighted by atomic mass is 10.1. The third kappa shape index (κ3) is 13.7. The van der Waals surface area contributed by atoms with Crippen LogP contribution in [0.2, 0.25) is 0 Å². The van der Waals surface area contributed by atoms with Gasteiger partial charge in [0.25, 0.3) is 0 Å². The Hall–Kier alpha value is -2.69. The normalized spacial score (nSPS) is 11.1. The Morgan fingerprint density at radius 1 is 0.600 bits per heavy atom. The Morgan fingerprint density at radius 3 is 1.60 bits per heavy atom. The molecule has 2 aromatic rings. The molecule has 0 radical (unpaired) electrons. The topological polar surface area (TPSA) is 60.3 Å². The zero-order valence-corrected chi connectivity index (χ0v) is 21.8. The standard InChI is InChI=1S/C30H44N2O3/c1-3-5-7-9-11-13-15-25-34-28-21-17-26(18-22-28)31-32-27-19-23-29(24-20-27)35-30(33)16-14-12-10-8-6-4-2/h17-24H,3-16,25H2,1-2H3. The van der Waals surface area contributed by atoms with E-state index in [9.17, 15) is 4.79 Å². The van der Waals surface area contributed by atoms with Gasteiger partial charge in [-0.05, 0) is 61.4 Å². The molecule has 2 rings (SSSR count). The van der Waals surface area contributed by atoms with Gasteiger partial charge < -0.3 is 9.47 Å². The first-order chi connectivity index (χ1) is 17.2. The van der Waals surface area contributed by atoms with E-state index < -0.39 is 0 Å². The first-order valence-electron chi connectivity index (χ1n) is 13.7. The minimum absolute atomic E-state index is 0.177. The summed E-state index contributed by atoms with van der Waals surface area (Å²) < 4.78 is 11.2. The molecule has 0 aliphatic heterocycles. The first kappa shape index (κ1) is 28.5. The van der Waals surface area contributed by atoms with Crippen molar-refractivity contribution in [2.45, 2.75) is 104 Å². The van der Waals surface area contributed by atoms with Crippen molar-refractivity contribution in [3.8, 4) is 11.5 Å². The van der Waals surface area contributed by atoms with E-state index >= 15 is 0 Å². The maximum atomic E-state index is 12.0. The number of esters is 1. The Labute approximate surface area is 212 Å². The highest BCUT2D eigenvalue weighted by Gasteiger charge is 2.05. The molecule has 0 amide bonds. The average Bonchev–Trinajstić information content (AvgIpc) is 2.88. The largest absolute Gasteiger partial charge is 0.494 e. The number of hydrogen-bond acceptors (Lipinski definition) is 5. The summed E-state index contributed by atoms with van der Waals surface area (Å²) in [6, 6.07) is 14.8. The van der Waals surface area contributed by atoms with E-state index in [1.165, 1.54) is 64.2 Å². The zero-order chi connectivity index (χ0) is 25.0. The first-order valence-corrected chi connectivity index (χ1v) is 13.7. The molecule has 0 heterocycles. The van der Waals surface area contributed by atoms with Crippen molar-refractivity contribution >= 4 is 17.3 Å². The van der Waals surface area contributed by atoms with Gasteiger partial charge in [0.1, 0.15) is 11.5 Å². The van der Waals surface area contributed by atoms with E-state index in [4.69, 9.17) is 9.47 Å². The Bertz CT molecular complexity index is 832. The zero-order valence-electron chi connectivity index (χ0n) is 21.8. The van der Waals surface area contributed by atoms with Crippen molar-refractivity contribution in [1.82, 2.24) is 0 Å². The van der Waals surface area contributed by atoms with Gasteiger partial charge in [-0.15, -0.1) is 0 Å². The monoisotopic (exact) mass is 480 g/mol. The van der Waals surface area contributed by atoms with Gasteiger partial charge in [0, 0.05) is 6.42 Å². The van der Waals surface area contributed by atoms with Crippen LogP contribution in [0.3, 0.4) is 0 Å². The van der Waals surface area contributed by atoms with Crippen molar-refractivity contribution in [1.29, 1.82) is 0 Å². The number of benzene rings is 2. The molecular formula is C30H44N2O3. The molecule has 0 N–H and O–H groups in total. The third-order valence-electron chi connectivity index (χ3n) is 5.94. The summed E-state index contributed by atoms with van der Waals surface area (Å²) in [6.45, 7) is 5.20. The maximum absolute atomic E-state index is 12.0. The summed E-state index contributed by atoms with van der Waals surface area (Å²) >= 11 is 0. The van der Waals surface area contributed by atoms with Crippen LogP contribution in [-0.2, 0) is 4.79 Å². The highest BCUT2D eigenvalue weighted by Crippen LogP contribution is 2.23. The van der Waals surface area contributed by atoms with Crippen LogP contribution < -0.4 is 9.47 Å². The lowest BCUT2D eigenvalue weighted by Crippen LogP contribution is -2.07. The third-order valence-corrected chi connectivity index (χ3v) is 5.94. The van der Waals surface area contributed by atoms with Crippen molar-refractivity contribution in [2.24, 2.45) is 10.2 Å². The fraction of sp³-hybridized carbons (Fsp3) is 0.567. The maximum Gasteiger partial charge on any atom is 0.311 e. The fourth-order valence-corrected chi connectivity index (χ4v) is 3.79. The molecule has 0 unspecified atom stereocenters. The number of hydrogen-bond donors (Lipinski definition) is 0. The molecule has 5 heteroatoms. The minimum atomic E-state index is -0.177. The molecule has 0 aromatic heterocycles. The molecular weight excluding hydrogens is 436 g/mol. The van der Waals surface area contributed by atoms with E-state index in [0.717, 1.165) is 37.3 Å². The average molecular weight is 481 g/mol. The highest BCUT2D eigenvalue weighted by atomic mass is 16.5. The summed E-state index contributed by atoms with van der Waals surface area (Å²) in [7, 11) is 0. The lowest BCUT2D eigenvalue weighted by molar-refractivity contribution is -0.134. The smallest absolute Gasteiger partial charge is 0.311 e. The van der Waals surface area contributed by atoms with Gasteiger partial charge >= 0.3 is 5.97 Å². The van der Waals surface area contributed by atoms with Crippen molar-refractivity contribution in [2.75, 3.05) is 6.61 Å². The molecule has 0 atom stereocenters. The predicted octanol–water partition coefficient (Wildman–Crippen LogP) is 9.89. The molecule has 2 aromatic carbocycles. The van der Waals surface area contributed by atoms with Crippen LogP contribution in [-0.4, -0.2) is 12.6 Å². The second-order valence-corrected chi connectivity index (χ2v) is 9.15. The van der Waals surface area contributed by atoms with Crippen LogP contribution in [0.5, 0.6) is 11.5 Å². The second kappa shape index (κ2) is 18.6. The van der Waals surface area contributed by atoms with E-state index in [1.807, 2.05) is 24.3 Å². The van der Waals surface area contributed by atoms with Crippen LogP contribution in [0.4, 0.5) is 11.4 Å². The summed E-state index contributed by atoms with van der Waals surface area (Å²) in [5.74, 6) is 1.23. The van der Waals surface area contributed by atoms with Crippen molar-refractivity contribution in [3.63, 3.8) is 0 Å². The van der Waals surface area contributed by atoms with Gasteiger partial charge in [0.05, 0.1) is 18.0 Å². The second-order valence-electron chi connectivity index (χ2n) is 9.15. The molecule has 0 bridgehead atoms. The molecule has 0 aliphatic carbocycles. The highest BCUT2D eigenvalue weighted by molar-refractivity contribution is 5.72. The van der Waals surface area contributed by atoms with Gasteiger partial charge in [-0.2, -0.15) is 10.2 Å². The van der Waals surface area contributed by atoms with Crippen molar-refractivity contribution in [3.05, 3.63) is 48.5 Å². The van der Waals surface area contributed by atoms with E-state index in [0.29, 0.717) is 17.9 Å². The molecule has 0 saturated carbocycles. The fourth-order valence-electron chi connectivity index (χ4n) is 3.79. The summed E-state index contributed by atoms with van der Waals surface area (Å²) in [4.78, 5) is 12.0. The van der Waals surface area contributed by atoms with Gasteiger partial charge in [0.15, 0.2) is 0 Å². The number of azo groups is 1. The molecule has 5 nitrogen and oxygen atoms in total. The number of rotatable bonds is 19. The van der Waals surface area contributed by atoms with Crippen LogP contribution in [0.1, 0.15) is 104 Å². The van der Waals surface area contributed by atoms with Gasteiger partial charge in [-0.1, -0.05) is 84.5 Å². The van der Waals surface area contributed by atoms with Crippen LogP contribution in [0.15, 0.2) is 58.8 Å². The number of carbonyl (C=O) groups is 1. The Morgan fingerprint density at radius 2 is 1.06 bits per heavy atom. The van der Waals surface area contributed by atoms with E-state index in [-0.39, 0.29) is 5.97 Å². The number of nitrogens with zero attached hydrogens (tertiary/aromatic N) is 2. The minimum Gasteiger partial charge on any atom is -0.494 e. The number of carbonyl (C=O) groups excluding carboxylic acids is 1. The van der Waals surface area contributed by atoms with Crippen LogP contribution in [0.25, 0.3) is 0 Å². The summed E-state index contributed by atoms with van der Waals surface area (Å²) in [5.41, 5.74) is 1.47. The molecule has 35 heavy (non-hydrogen) atoms. The molecule has 192 valence electrons. The molecule has 0 spiro atoms. The predicted molar refractivity (Wildman–Crippen MR) is 144 cm³/mol. The number of ether oxygens (including phenoxy) is 2. The Balaban J connectivity index is 1.64. The quantitative estimate of drug-likeness (QED) is 0.0869. The summed E-state index contributed by atoms with van der Waals surface area (Å²) in [5, 5.41) is 8.56. The molecule has 0 aliphatic rings. The van der Waals surface area contributed by atoms with Crippen molar-refractivity contribution < 1.29 is 14.3 Å². The summed E-state index contributed by atoms with van der Waals surface area (Å²) in [6.07, 6.45) is 16.3. The number of unbranched alkanes of at least 4 members (excludes halogenated alkanes) is 11. The van der Waals surface area contributed by atoms with Crippen LogP contribution in [0, 0.1) is 0 Å². The lowest BCUT2D eigenvalue weighted by Gasteiger charge is -2.06. The van der Waals surface area contributed by atoms with Gasteiger partial charge in [-0.25, -0.2) is 0 Å². The SMILES string of the molecule is CCCCCCCCCOc1ccc(N=Nc2ccc(OC(=O)CCCCCCCC)cc2)cc1. The van der Waals surface area contributed by atoms with E-state index in [2.05, 4.69) is 24.1 Å². The molecule has 0 saturated heterocycles. The van der Waals surface area contributed by atoms with E-state index in [1.54, 1.807) is 24.3 Å². The van der Waals surface area contributed by atoms with Gasteiger partial charge in [0.2, 0.25) is 0 Å².